The molecule has 0 fully saturated rings. The van der Waals surface area contributed by atoms with Crippen molar-refractivity contribution in [3.63, 3.8) is 0 Å². The maximum Gasteiger partial charge on any atom is 0.280 e. The van der Waals surface area contributed by atoms with Crippen LogP contribution in [0.1, 0.15) is 59.8 Å². The summed E-state index contributed by atoms with van der Waals surface area (Å²) in [5.41, 5.74) is 0. The van der Waals surface area contributed by atoms with Crippen molar-refractivity contribution in [1.82, 2.24) is 0 Å². The lowest BCUT2D eigenvalue weighted by molar-refractivity contribution is -0.376. The predicted octanol–water partition coefficient (Wildman–Crippen LogP) is 3.06. The Morgan fingerprint density at radius 2 is 1.87 bits per heavy atom. The summed E-state index contributed by atoms with van der Waals surface area (Å²) >= 11 is 0. The second-order valence-corrected chi connectivity index (χ2v) is 4.00. The Hall–Kier alpha value is -0.120. The van der Waals surface area contributed by atoms with Gasteiger partial charge in [0.2, 0.25) is 0 Å². The van der Waals surface area contributed by atoms with Crippen molar-refractivity contribution in [3.05, 3.63) is 0 Å². The smallest absolute Gasteiger partial charge is 0.280 e. The molecule has 0 radical (unpaired) electrons. The van der Waals surface area contributed by atoms with Crippen LogP contribution in [0.3, 0.4) is 0 Å². The van der Waals surface area contributed by atoms with Gasteiger partial charge in [-0.1, -0.05) is 27.2 Å². The van der Waals surface area contributed by atoms with Gasteiger partial charge in [-0.25, -0.2) is 0 Å². The van der Waals surface area contributed by atoms with E-state index in [2.05, 4.69) is 6.92 Å². The van der Waals surface area contributed by atoms with Crippen molar-refractivity contribution in [2.45, 2.75) is 71.9 Å². The van der Waals surface area contributed by atoms with E-state index in [1.54, 1.807) is 0 Å². The van der Waals surface area contributed by atoms with Crippen LogP contribution in [0.5, 0.6) is 0 Å². The second-order valence-electron chi connectivity index (χ2n) is 4.00. The van der Waals surface area contributed by atoms with Gasteiger partial charge in [-0.05, 0) is 26.2 Å². The van der Waals surface area contributed by atoms with Gasteiger partial charge >= 0.3 is 0 Å². The zero-order chi connectivity index (χ0) is 11.7. The topological polar surface area (TPSA) is 38.7 Å². The fourth-order valence-electron chi connectivity index (χ4n) is 1.25. The quantitative estimate of drug-likeness (QED) is 0.477. The Labute approximate surface area is 93.8 Å². The molecular formula is C12H26O3. The number of aliphatic hydroxyl groups is 1. The first-order valence-corrected chi connectivity index (χ1v) is 6.12. The monoisotopic (exact) mass is 218 g/mol. The Bertz CT molecular complexity index is 150. The highest BCUT2D eigenvalue weighted by Gasteiger charge is 2.29. The SMILES string of the molecule is CCCCOC(O)(CCC)OC(C)CC. The number of hydrogen-bond donors (Lipinski definition) is 1. The molecule has 0 aliphatic heterocycles. The molecule has 92 valence electrons. The minimum absolute atomic E-state index is 0.0307. The highest BCUT2D eigenvalue weighted by molar-refractivity contribution is 4.57. The summed E-state index contributed by atoms with van der Waals surface area (Å²) in [6, 6.07) is 0. The van der Waals surface area contributed by atoms with E-state index < -0.39 is 5.97 Å². The van der Waals surface area contributed by atoms with Gasteiger partial charge in [0.1, 0.15) is 0 Å². The molecule has 3 nitrogen and oxygen atoms in total. The Morgan fingerprint density at radius 1 is 1.20 bits per heavy atom. The van der Waals surface area contributed by atoms with E-state index in [1.807, 2.05) is 20.8 Å². The van der Waals surface area contributed by atoms with Crippen LogP contribution in [-0.4, -0.2) is 23.8 Å². The summed E-state index contributed by atoms with van der Waals surface area (Å²) in [4.78, 5) is 0. The van der Waals surface area contributed by atoms with Gasteiger partial charge in [0.15, 0.2) is 0 Å². The van der Waals surface area contributed by atoms with E-state index in [0.29, 0.717) is 13.0 Å². The molecule has 0 heterocycles. The number of hydrogen-bond acceptors (Lipinski definition) is 3. The molecule has 0 rings (SSSR count). The normalized spacial score (nSPS) is 17.4. The molecule has 0 aromatic carbocycles. The molecule has 15 heavy (non-hydrogen) atoms. The lowest BCUT2D eigenvalue weighted by atomic mass is 10.2. The molecule has 0 amide bonds. The molecule has 0 aromatic rings. The third-order valence-corrected chi connectivity index (χ3v) is 2.35. The summed E-state index contributed by atoms with van der Waals surface area (Å²) in [6.45, 7) is 8.64. The molecule has 0 bridgehead atoms. The fraction of sp³-hybridized carbons (Fsp3) is 1.00. The van der Waals surface area contributed by atoms with Crippen LogP contribution < -0.4 is 0 Å². The Kier molecular flexibility index (Phi) is 8.02. The molecule has 2 atom stereocenters. The molecule has 0 aliphatic rings. The number of rotatable bonds is 9. The second kappa shape index (κ2) is 8.08. The number of unbranched alkanes of at least 4 members (excludes halogenated alkanes) is 1. The minimum Gasteiger partial charge on any atom is -0.343 e. The van der Waals surface area contributed by atoms with Gasteiger partial charge in [-0.15, -0.1) is 0 Å². The van der Waals surface area contributed by atoms with Crippen LogP contribution in [-0.2, 0) is 9.47 Å². The average molecular weight is 218 g/mol. The summed E-state index contributed by atoms with van der Waals surface area (Å²) in [6.07, 6.45) is 4.30. The molecule has 0 aromatic heterocycles. The van der Waals surface area contributed by atoms with Crippen LogP contribution in [0, 0.1) is 0 Å². The van der Waals surface area contributed by atoms with Gasteiger partial charge in [0.25, 0.3) is 5.97 Å². The molecule has 0 saturated carbocycles. The van der Waals surface area contributed by atoms with Gasteiger partial charge in [0.05, 0.1) is 12.7 Å². The first-order valence-electron chi connectivity index (χ1n) is 6.12. The third-order valence-electron chi connectivity index (χ3n) is 2.35. The van der Waals surface area contributed by atoms with Crippen molar-refractivity contribution in [2.75, 3.05) is 6.61 Å². The van der Waals surface area contributed by atoms with E-state index in [4.69, 9.17) is 9.47 Å². The molecular weight excluding hydrogens is 192 g/mol. The average Bonchev–Trinajstić information content (AvgIpc) is 2.18. The van der Waals surface area contributed by atoms with Gasteiger partial charge < -0.3 is 14.6 Å². The van der Waals surface area contributed by atoms with Gasteiger partial charge in [-0.2, -0.15) is 0 Å². The summed E-state index contributed by atoms with van der Waals surface area (Å²) in [5, 5.41) is 10.1. The van der Waals surface area contributed by atoms with Crippen LogP contribution in [0.25, 0.3) is 0 Å². The lowest BCUT2D eigenvalue weighted by Crippen LogP contribution is -2.39. The highest BCUT2D eigenvalue weighted by Crippen LogP contribution is 2.20. The van der Waals surface area contributed by atoms with E-state index in [0.717, 1.165) is 25.7 Å². The van der Waals surface area contributed by atoms with Crippen molar-refractivity contribution in [2.24, 2.45) is 0 Å². The Balaban J connectivity index is 4.05. The van der Waals surface area contributed by atoms with Gasteiger partial charge in [-0.3, -0.25) is 0 Å². The van der Waals surface area contributed by atoms with Crippen LogP contribution in [0.15, 0.2) is 0 Å². The first-order chi connectivity index (χ1) is 7.08. The summed E-state index contributed by atoms with van der Waals surface area (Å²) in [5.74, 6) is -1.38. The first kappa shape index (κ1) is 14.9. The molecule has 3 heteroatoms. The van der Waals surface area contributed by atoms with Crippen molar-refractivity contribution < 1.29 is 14.6 Å². The summed E-state index contributed by atoms with van der Waals surface area (Å²) < 4.78 is 10.9. The van der Waals surface area contributed by atoms with E-state index >= 15 is 0 Å². The zero-order valence-corrected chi connectivity index (χ0v) is 10.6. The molecule has 0 spiro atoms. The number of ether oxygens (including phenoxy) is 2. The van der Waals surface area contributed by atoms with Crippen LogP contribution in [0.4, 0.5) is 0 Å². The Morgan fingerprint density at radius 3 is 2.33 bits per heavy atom. The van der Waals surface area contributed by atoms with E-state index in [9.17, 15) is 5.11 Å². The largest absolute Gasteiger partial charge is 0.343 e. The fourth-order valence-corrected chi connectivity index (χ4v) is 1.25. The highest BCUT2D eigenvalue weighted by atomic mass is 16.8. The van der Waals surface area contributed by atoms with Gasteiger partial charge in [0, 0.05) is 6.42 Å². The van der Waals surface area contributed by atoms with Crippen LogP contribution >= 0.6 is 0 Å². The maximum absolute atomic E-state index is 10.1. The zero-order valence-electron chi connectivity index (χ0n) is 10.6. The molecule has 0 aliphatic carbocycles. The standard InChI is InChI=1S/C12H26O3/c1-5-8-10-14-12(13,9-6-2)15-11(4)7-3/h11,13H,5-10H2,1-4H3. The van der Waals surface area contributed by atoms with Crippen molar-refractivity contribution >= 4 is 0 Å². The third kappa shape index (κ3) is 6.88. The van der Waals surface area contributed by atoms with Crippen molar-refractivity contribution in [3.8, 4) is 0 Å². The summed E-state index contributed by atoms with van der Waals surface area (Å²) in [7, 11) is 0. The molecule has 0 saturated heterocycles. The molecule has 1 N–H and O–H groups in total. The van der Waals surface area contributed by atoms with Crippen molar-refractivity contribution in [1.29, 1.82) is 0 Å². The van der Waals surface area contributed by atoms with E-state index in [-0.39, 0.29) is 6.10 Å². The molecule has 2 unspecified atom stereocenters. The van der Waals surface area contributed by atoms with E-state index in [1.165, 1.54) is 0 Å². The minimum atomic E-state index is -1.38. The van der Waals surface area contributed by atoms with Crippen LogP contribution in [0.2, 0.25) is 0 Å². The lowest BCUT2D eigenvalue weighted by Gasteiger charge is -2.30. The maximum atomic E-state index is 10.1. The predicted molar refractivity (Wildman–Crippen MR) is 61.6 cm³/mol.